The number of hydrogen-bond acceptors (Lipinski definition) is 5. The number of aromatic amines is 1. The fourth-order valence-electron chi connectivity index (χ4n) is 4.33. The normalized spacial score (nSPS) is 19.0. The molecule has 4 rings (SSSR count). The van der Waals surface area contributed by atoms with E-state index in [-0.39, 0.29) is 0 Å². The second-order valence-electron chi connectivity index (χ2n) is 7.61. The first-order chi connectivity index (χ1) is 14.7. The predicted molar refractivity (Wildman–Crippen MR) is 117 cm³/mol. The summed E-state index contributed by atoms with van der Waals surface area (Å²) in [6, 6.07) is 16.7. The van der Waals surface area contributed by atoms with E-state index < -0.39 is 0 Å². The van der Waals surface area contributed by atoms with Gasteiger partial charge in [0.25, 0.3) is 0 Å². The first-order valence-electron chi connectivity index (χ1n) is 10.4. The van der Waals surface area contributed by atoms with E-state index in [1.807, 2.05) is 31.3 Å². The molecule has 0 amide bonds. The number of rotatable bonds is 8. The molecule has 1 saturated heterocycles. The Labute approximate surface area is 177 Å². The molecule has 3 aromatic rings. The Morgan fingerprint density at radius 3 is 2.43 bits per heavy atom. The molecule has 1 aliphatic heterocycles. The Kier molecular flexibility index (Phi) is 6.23. The van der Waals surface area contributed by atoms with Gasteiger partial charge in [-0.2, -0.15) is 5.10 Å². The summed E-state index contributed by atoms with van der Waals surface area (Å²) in [6.07, 6.45) is 1.83. The van der Waals surface area contributed by atoms with Crippen LogP contribution in [0.1, 0.15) is 35.6 Å². The minimum Gasteiger partial charge on any atom is -0.497 e. The van der Waals surface area contributed by atoms with Crippen LogP contribution in [0, 0.1) is 0 Å². The van der Waals surface area contributed by atoms with Crippen molar-refractivity contribution in [3.63, 3.8) is 0 Å². The van der Waals surface area contributed by atoms with E-state index in [4.69, 9.17) is 14.2 Å². The van der Waals surface area contributed by atoms with Gasteiger partial charge in [0.2, 0.25) is 0 Å². The number of benzene rings is 2. The van der Waals surface area contributed by atoms with Gasteiger partial charge in [-0.3, -0.25) is 10.00 Å². The molecule has 30 heavy (non-hydrogen) atoms. The summed E-state index contributed by atoms with van der Waals surface area (Å²) in [4.78, 5) is 2.50. The van der Waals surface area contributed by atoms with E-state index in [0.29, 0.717) is 18.4 Å². The van der Waals surface area contributed by atoms with Gasteiger partial charge in [-0.25, -0.2) is 0 Å². The van der Waals surface area contributed by atoms with Gasteiger partial charge >= 0.3 is 0 Å². The second-order valence-corrected chi connectivity index (χ2v) is 7.61. The van der Waals surface area contributed by atoms with Gasteiger partial charge < -0.3 is 14.2 Å². The van der Waals surface area contributed by atoms with Crippen molar-refractivity contribution in [1.29, 1.82) is 0 Å². The number of methoxy groups -OCH3 is 2. The van der Waals surface area contributed by atoms with Crippen LogP contribution in [0.5, 0.6) is 17.2 Å². The molecule has 0 bridgehead atoms. The van der Waals surface area contributed by atoms with Gasteiger partial charge in [-0.1, -0.05) is 18.2 Å². The van der Waals surface area contributed by atoms with Gasteiger partial charge in [-0.05, 0) is 48.4 Å². The first-order valence-corrected chi connectivity index (χ1v) is 10.4. The maximum atomic E-state index is 5.65. The summed E-state index contributed by atoms with van der Waals surface area (Å²) in [6.45, 7) is 5.41. The van der Waals surface area contributed by atoms with Crippen LogP contribution in [0.15, 0.2) is 54.7 Å². The molecule has 0 spiro atoms. The minimum absolute atomic E-state index is 0.366. The monoisotopic (exact) mass is 407 g/mol. The number of nitrogens with zero attached hydrogens (tertiary/aromatic N) is 2. The molecular formula is C24H29N3O3. The number of nitrogens with one attached hydrogen (secondary N) is 1. The molecule has 1 aliphatic rings. The quantitative estimate of drug-likeness (QED) is 0.606. The first kappa shape index (κ1) is 20.3. The maximum absolute atomic E-state index is 5.65. The molecule has 0 radical (unpaired) electrons. The highest BCUT2D eigenvalue weighted by Crippen LogP contribution is 2.40. The number of H-pyrrole nitrogens is 1. The number of ether oxygens (including phenoxy) is 3. The fourth-order valence-corrected chi connectivity index (χ4v) is 4.33. The topological polar surface area (TPSA) is 59.6 Å². The molecule has 6 nitrogen and oxygen atoms in total. The number of likely N-dealkylation sites (tertiary alicyclic amines) is 1. The van der Waals surface area contributed by atoms with Crippen molar-refractivity contribution < 1.29 is 14.2 Å². The van der Waals surface area contributed by atoms with Crippen LogP contribution >= 0.6 is 0 Å². The van der Waals surface area contributed by atoms with E-state index in [2.05, 4.69) is 45.4 Å². The summed E-state index contributed by atoms with van der Waals surface area (Å²) < 4.78 is 16.5. The predicted octanol–water partition coefficient (Wildman–Crippen LogP) is 4.21. The van der Waals surface area contributed by atoms with E-state index >= 15 is 0 Å². The summed E-state index contributed by atoms with van der Waals surface area (Å²) in [5.74, 6) is 3.21. The summed E-state index contributed by atoms with van der Waals surface area (Å²) in [5.41, 5.74) is 3.72. The largest absolute Gasteiger partial charge is 0.497 e. The molecule has 1 aromatic heterocycles. The number of aromatic nitrogens is 2. The molecule has 1 fully saturated rings. The lowest BCUT2D eigenvalue weighted by Crippen LogP contribution is -2.20. The SMILES string of the molecule is CCOc1ccc(CN2C[C@@H](c3ccc(OC)cc3)[C@H](c3ccn[nH]3)C2)cc1OC. The van der Waals surface area contributed by atoms with Crippen LogP contribution in [0.2, 0.25) is 0 Å². The standard InChI is InChI=1S/C24H29N3O3/c1-4-30-23-10-5-17(13-24(23)29-3)14-27-15-20(18-6-8-19(28-2)9-7-18)21(16-27)22-11-12-25-26-22/h5-13,20-21H,4,14-16H2,1-3H3,(H,25,26)/t20-,21+/m0/s1. The van der Waals surface area contributed by atoms with Crippen molar-refractivity contribution in [2.45, 2.75) is 25.3 Å². The van der Waals surface area contributed by atoms with Gasteiger partial charge in [0.15, 0.2) is 11.5 Å². The molecule has 158 valence electrons. The van der Waals surface area contributed by atoms with Crippen molar-refractivity contribution in [2.75, 3.05) is 33.9 Å². The Balaban J connectivity index is 1.55. The minimum atomic E-state index is 0.366. The summed E-state index contributed by atoms with van der Waals surface area (Å²) in [7, 11) is 3.39. The summed E-state index contributed by atoms with van der Waals surface area (Å²) >= 11 is 0. The van der Waals surface area contributed by atoms with E-state index in [1.165, 1.54) is 16.8 Å². The average molecular weight is 408 g/mol. The molecular weight excluding hydrogens is 378 g/mol. The number of hydrogen-bond donors (Lipinski definition) is 1. The highest BCUT2D eigenvalue weighted by Gasteiger charge is 2.35. The van der Waals surface area contributed by atoms with Crippen LogP contribution in [0.4, 0.5) is 0 Å². The van der Waals surface area contributed by atoms with Crippen molar-refractivity contribution in [3.8, 4) is 17.2 Å². The van der Waals surface area contributed by atoms with Crippen LogP contribution in [0.25, 0.3) is 0 Å². The third-order valence-corrected chi connectivity index (χ3v) is 5.80. The van der Waals surface area contributed by atoms with Gasteiger partial charge in [0, 0.05) is 43.4 Å². The molecule has 0 saturated carbocycles. The van der Waals surface area contributed by atoms with Crippen LogP contribution in [-0.4, -0.2) is 49.0 Å². The third-order valence-electron chi connectivity index (χ3n) is 5.80. The van der Waals surface area contributed by atoms with Crippen molar-refractivity contribution >= 4 is 0 Å². The highest BCUT2D eigenvalue weighted by molar-refractivity contribution is 5.43. The molecule has 0 aliphatic carbocycles. The third kappa shape index (κ3) is 4.28. The Morgan fingerprint density at radius 2 is 1.77 bits per heavy atom. The van der Waals surface area contributed by atoms with Gasteiger partial charge in [0.1, 0.15) is 5.75 Å². The van der Waals surface area contributed by atoms with Crippen LogP contribution < -0.4 is 14.2 Å². The van der Waals surface area contributed by atoms with Crippen LogP contribution in [0.3, 0.4) is 0 Å². The zero-order chi connectivity index (χ0) is 20.9. The van der Waals surface area contributed by atoms with E-state index in [9.17, 15) is 0 Å². The Bertz CT molecular complexity index is 941. The molecule has 2 heterocycles. The summed E-state index contributed by atoms with van der Waals surface area (Å²) in [5, 5.41) is 7.37. The Hall–Kier alpha value is -2.99. The molecule has 2 aromatic carbocycles. The molecule has 6 heteroatoms. The zero-order valence-electron chi connectivity index (χ0n) is 17.8. The van der Waals surface area contributed by atoms with Crippen molar-refractivity contribution in [1.82, 2.24) is 15.1 Å². The Morgan fingerprint density at radius 1 is 0.967 bits per heavy atom. The molecule has 1 N–H and O–H groups in total. The average Bonchev–Trinajstić information content (AvgIpc) is 3.45. The van der Waals surface area contributed by atoms with E-state index in [1.54, 1.807) is 14.2 Å². The lowest BCUT2D eigenvalue weighted by Gasteiger charge is -2.18. The lowest BCUT2D eigenvalue weighted by molar-refractivity contribution is 0.306. The maximum Gasteiger partial charge on any atom is 0.161 e. The fraction of sp³-hybridized carbons (Fsp3) is 0.375. The zero-order valence-corrected chi connectivity index (χ0v) is 17.8. The van der Waals surface area contributed by atoms with Crippen LogP contribution in [-0.2, 0) is 6.54 Å². The second kappa shape index (κ2) is 9.22. The van der Waals surface area contributed by atoms with E-state index in [0.717, 1.165) is 36.9 Å². The van der Waals surface area contributed by atoms with Gasteiger partial charge in [-0.15, -0.1) is 0 Å². The molecule has 0 unspecified atom stereocenters. The van der Waals surface area contributed by atoms with Crippen molar-refractivity contribution in [2.24, 2.45) is 0 Å². The highest BCUT2D eigenvalue weighted by atomic mass is 16.5. The lowest BCUT2D eigenvalue weighted by atomic mass is 9.87. The smallest absolute Gasteiger partial charge is 0.161 e. The molecule has 2 atom stereocenters. The van der Waals surface area contributed by atoms with Crippen molar-refractivity contribution in [3.05, 3.63) is 71.5 Å². The van der Waals surface area contributed by atoms with Gasteiger partial charge in [0.05, 0.1) is 20.8 Å².